The lowest BCUT2D eigenvalue weighted by Gasteiger charge is -2.11. The van der Waals surface area contributed by atoms with Gasteiger partial charge in [0.15, 0.2) is 0 Å². The van der Waals surface area contributed by atoms with Gasteiger partial charge in [-0.25, -0.2) is 0 Å². The molecule has 0 aliphatic carbocycles. The van der Waals surface area contributed by atoms with Gasteiger partial charge in [-0.15, -0.1) is 0 Å². The molecule has 1 aromatic rings. The van der Waals surface area contributed by atoms with E-state index in [9.17, 15) is 13.2 Å². The van der Waals surface area contributed by atoms with Crippen molar-refractivity contribution in [2.24, 2.45) is 11.7 Å². The zero-order valence-corrected chi connectivity index (χ0v) is 13.3. The van der Waals surface area contributed by atoms with Crippen LogP contribution in [-0.2, 0) is 21.3 Å². The molecule has 0 spiro atoms. The lowest BCUT2D eigenvalue weighted by atomic mass is 10.0. The summed E-state index contributed by atoms with van der Waals surface area (Å²) in [6.45, 7) is 5.73. The summed E-state index contributed by atoms with van der Waals surface area (Å²) < 4.78 is 29.8. The Hall–Kier alpha value is -1.44. The van der Waals surface area contributed by atoms with Crippen LogP contribution >= 0.6 is 0 Å². The molecule has 0 amide bonds. The average Bonchev–Trinajstić information content (AvgIpc) is 2.45. The van der Waals surface area contributed by atoms with Gasteiger partial charge in [-0.2, -0.15) is 8.42 Å². The van der Waals surface area contributed by atoms with Crippen LogP contribution in [0, 0.1) is 5.92 Å². The molecule has 0 saturated heterocycles. The van der Waals surface area contributed by atoms with Crippen molar-refractivity contribution in [1.82, 2.24) is 0 Å². The van der Waals surface area contributed by atoms with E-state index in [1.165, 1.54) is 12.1 Å². The van der Waals surface area contributed by atoms with Crippen LogP contribution in [0.4, 0.5) is 0 Å². The summed E-state index contributed by atoms with van der Waals surface area (Å²) in [6, 6.07) is 5.46. The number of carbonyl (C=O) groups is 1. The minimum atomic E-state index is -4.03. The molecule has 1 rings (SSSR count). The van der Waals surface area contributed by atoms with E-state index < -0.39 is 22.1 Å². The normalized spacial score (nSPS) is 13.8. The maximum atomic E-state index is 10.6. The number of hydrogen-bond acceptors (Lipinski definition) is 4. The zero-order chi connectivity index (χ0) is 16.6. The van der Waals surface area contributed by atoms with E-state index in [0.29, 0.717) is 0 Å². The van der Waals surface area contributed by atoms with Crippen LogP contribution in [0.1, 0.15) is 32.8 Å². The van der Waals surface area contributed by atoms with Crippen LogP contribution in [0.2, 0.25) is 0 Å². The topological polar surface area (TPSA) is 118 Å². The predicted molar refractivity (Wildman–Crippen MR) is 80.7 cm³/mol. The number of aryl methyl sites for hydroxylation is 1. The molecule has 2 atom stereocenters. The first kappa shape index (κ1) is 19.6. The van der Waals surface area contributed by atoms with Gasteiger partial charge in [-0.1, -0.05) is 39.3 Å². The Bertz CT molecular complexity index is 539. The Labute approximate surface area is 125 Å². The van der Waals surface area contributed by atoms with Crippen LogP contribution in [0.3, 0.4) is 0 Å². The first-order valence-corrected chi connectivity index (χ1v) is 8.12. The van der Waals surface area contributed by atoms with Crippen LogP contribution < -0.4 is 5.73 Å². The third kappa shape index (κ3) is 7.22. The number of nitrogens with two attached hydrogens (primary N) is 1. The number of carboxylic acids is 1. The maximum absolute atomic E-state index is 10.6. The molecule has 0 fully saturated rings. The second-order valence-corrected chi connectivity index (χ2v) is 6.14. The van der Waals surface area contributed by atoms with Crippen molar-refractivity contribution >= 4 is 16.1 Å². The van der Waals surface area contributed by atoms with Gasteiger partial charge < -0.3 is 10.8 Å². The van der Waals surface area contributed by atoms with Crippen LogP contribution in [0.15, 0.2) is 29.2 Å². The fourth-order valence-corrected chi connectivity index (χ4v) is 1.87. The second-order valence-electron chi connectivity index (χ2n) is 4.72. The van der Waals surface area contributed by atoms with E-state index in [0.717, 1.165) is 18.4 Å². The lowest BCUT2D eigenvalue weighted by Crippen LogP contribution is -2.36. The van der Waals surface area contributed by atoms with Gasteiger partial charge in [-0.3, -0.25) is 9.35 Å². The lowest BCUT2D eigenvalue weighted by molar-refractivity contribution is -0.139. The molecule has 7 heteroatoms. The number of carboxylic acid groups (broad SMARTS) is 1. The highest BCUT2D eigenvalue weighted by Crippen LogP contribution is 2.09. The van der Waals surface area contributed by atoms with Gasteiger partial charge in [0.2, 0.25) is 0 Å². The van der Waals surface area contributed by atoms with E-state index in [4.69, 9.17) is 15.4 Å². The molecule has 0 heterocycles. The van der Waals surface area contributed by atoms with Crippen molar-refractivity contribution in [3.05, 3.63) is 29.8 Å². The van der Waals surface area contributed by atoms with Crippen molar-refractivity contribution in [2.45, 2.75) is 44.6 Å². The highest BCUT2D eigenvalue weighted by Gasteiger charge is 2.17. The van der Waals surface area contributed by atoms with E-state index >= 15 is 0 Å². The largest absolute Gasteiger partial charge is 0.480 e. The van der Waals surface area contributed by atoms with Crippen molar-refractivity contribution in [1.29, 1.82) is 0 Å². The Morgan fingerprint density at radius 3 is 1.95 bits per heavy atom. The quantitative estimate of drug-likeness (QED) is 0.714. The van der Waals surface area contributed by atoms with Gasteiger partial charge in [0.1, 0.15) is 6.04 Å². The van der Waals surface area contributed by atoms with E-state index in [1.54, 1.807) is 12.1 Å². The summed E-state index contributed by atoms with van der Waals surface area (Å²) in [6.07, 6.45) is 1.67. The molecule has 1 unspecified atom stereocenters. The molecule has 120 valence electrons. The van der Waals surface area contributed by atoms with Gasteiger partial charge >= 0.3 is 5.97 Å². The summed E-state index contributed by atoms with van der Waals surface area (Å²) in [5, 5.41) is 8.36. The summed E-state index contributed by atoms with van der Waals surface area (Å²) >= 11 is 0. The zero-order valence-electron chi connectivity index (χ0n) is 12.5. The highest BCUT2D eigenvalue weighted by molar-refractivity contribution is 7.85. The van der Waals surface area contributed by atoms with Gasteiger partial charge in [0.25, 0.3) is 10.1 Å². The molecule has 0 aliphatic rings. The number of aliphatic carboxylic acids is 1. The summed E-state index contributed by atoms with van der Waals surface area (Å²) in [4.78, 5) is 10.1. The molecule has 6 nitrogen and oxygen atoms in total. The van der Waals surface area contributed by atoms with Crippen molar-refractivity contribution in [3.63, 3.8) is 0 Å². The fraction of sp³-hybridized carbons (Fsp3) is 0.500. The first-order valence-electron chi connectivity index (χ1n) is 6.68. The second kappa shape index (κ2) is 8.76. The standard InChI is InChI=1S/C8H10O3S.C6H13NO2/c1-2-7-3-5-8(6-4-7)12(9,10)11;1-3-4(2)5(7)6(8)9/h3-6H,2H2,1H3,(H,9,10,11);4-5H,3,7H2,1-2H3,(H,8,9)/t;4?,5-/m.1/s1. The summed E-state index contributed by atoms with van der Waals surface area (Å²) in [5.74, 6) is -0.841. The van der Waals surface area contributed by atoms with E-state index in [-0.39, 0.29) is 10.8 Å². The molecule has 0 radical (unpaired) electrons. The van der Waals surface area contributed by atoms with Gasteiger partial charge in [0, 0.05) is 0 Å². The molecule has 21 heavy (non-hydrogen) atoms. The molecule has 0 saturated carbocycles. The molecular formula is C14H23NO5S. The van der Waals surface area contributed by atoms with Crippen LogP contribution in [0.25, 0.3) is 0 Å². The van der Waals surface area contributed by atoms with Crippen molar-refractivity contribution < 1.29 is 22.9 Å². The van der Waals surface area contributed by atoms with Crippen molar-refractivity contribution in [2.75, 3.05) is 0 Å². The molecule has 4 N–H and O–H groups in total. The molecular weight excluding hydrogens is 294 g/mol. The van der Waals surface area contributed by atoms with Crippen molar-refractivity contribution in [3.8, 4) is 0 Å². The SMILES string of the molecule is CCC(C)[C@@H](N)C(=O)O.CCc1ccc(S(=O)(=O)O)cc1. The van der Waals surface area contributed by atoms with Gasteiger partial charge in [-0.05, 0) is 30.0 Å². The highest BCUT2D eigenvalue weighted by atomic mass is 32.2. The average molecular weight is 317 g/mol. The Morgan fingerprint density at radius 2 is 1.71 bits per heavy atom. The van der Waals surface area contributed by atoms with Crippen LogP contribution in [-0.4, -0.2) is 30.1 Å². The fourth-order valence-electron chi connectivity index (χ4n) is 1.39. The number of hydrogen-bond donors (Lipinski definition) is 3. The van der Waals surface area contributed by atoms with Crippen LogP contribution in [0.5, 0.6) is 0 Å². The Morgan fingerprint density at radius 1 is 1.24 bits per heavy atom. The molecule has 0 bridgehead atoms. The molecule has 1 aromatic carbocycles. The summed E-state index contributed by atoms with van der Waals surface area (Å²) in [5.41, 5.74) is 6.31. The van der Waals surface area contributed by atoms with Gasteiger partial charge in [0.05, 0.1) is 4.90 Å². The molecule has 0 aromatic heterocycles. The smallest absolute Gasteiger partial charge is 0.320 e. The minimum absolute atomic E-state index is 0.0558. The maximum Gasteiger partial charge on any atom is 0.320 e. The number of rotatable bonds is 5. The van der Waals surface area contributed by atoms with E-state index in [1.807, 2.05) is 20.8 Å². The predicted octanol–water partition coefficient (Wildman–Crippen LogP) is 1.94. The van der Waals surface area contributed by atoms with E-state index in [2.05, 4.69) is 0 Å². The summed E-state index contributed by atoms with van der Waals surface area (Å²) in [7, 11) is -4.03. The third-order valence-corrected chi connectivity index (χ3v) is 4.04. The first-order chi connectivity index (χ1) is 9.63. The Kier molecular flexibility index (Phi) is 8.16. The number of benzene rings is 1. The monoisotopic (exact) mass is 317 g/mol. The molecule has 0 aliphatic heterocycles. The third-order valence-electron chi connectivity index (χ3n) is 3.17. The minimum Gasteiger partial charge on any atom is -0.480 e. The Balaban J connectivity index is 0.000000400.